The monoisotopic (exact) mass is 296 g/mol. The molecule has 0 atom stereocenters. The predicted octanol–water partition coefficient (Wildman–Crippen LogP) is 4.09. The zero-order valence-corrected chi connectivity index (χ0v) is 11.6. The van der Waals surface area contributed by atoms with Crippen LogP contribution >= 0.6 is 27.3 Å². The Kier molecular flexibility index (Phi) is 5.43. The third kappa shape index (κ3) is 3.58. The van der Waals surface area contributed by atoms with Gasteiger partial charge in [0.2, 0.25) is 0 Å². The van der Waals surface area contributed by atoms with E-state index in [1.165, 1.54) is 0 Å². The Morgan fingerprint density at radius 3 is 2.25 bits per heavy atom. The van der Waals surface area contributed by atoms with E-state index in [1.807, 2.05) is 43.1 Å². The predicted molar refractivity (Wildman–Crippen MR) is 75.6 cm³/mol. The van der Waals surface area contributed by atoms with Crippen molar-refractivity contribution in [2.75, 3.05) is 5.83 Å². The third-order valence-electron chi connectivity index (χ3n) is 1.95. The first-order chi connectivity index (χ1) is 7.75. The average Bonchev–Trinajstić information content (AvgIpc) is 2.32. The topological polar surface area (TPSA) is 17.1 Å². The summed E-state index contributed by atoms with van der Waals surface area (Å²) in [5.41, 5.74) is 1.19. The molecule has 0 fully saturated rings. The number of rotatable bonds is 1. The van der Waals surface area contributed by atoms with Gasteiger partial charge in [-0.15, -0.1) is 11.3 Å². The summed E-state index contributed by atoms with van der Waals surface area (Å²) in [5.74, 6) is 1.81. The lowest BCUT2D eigenvalue weighted by Crippen LogP contribution is -1.95. The molecule has 1 aromatic carbocycles. The molecule has 16 heavy (non-hydrogen) atoms. The Balaban J connectivity index is 0.000000606. The second kappa shape index (κ2) is 6.61. The highest BCUT2D eigenvalue weighted by atomic mass is 79.9. The molecule has 0 radical (unpaired) electrons. The van der Waals surface area contributed by atoms with Crippen LogP contribution in [-0.2, 0) is 0 Å². The van der Waals surface area contributed by atoms with Crippen LogP contribution in [0.25, 0.3) is 10.4 Å². The fourth-order valence-electron chi connectivity index (χ4n) is 1.35. The van der Waals surface area contributed by atoms with Gasteiger partial charge in [-0.25, -0.2) is 0 Å². The van der Waals surface area contributed by atoms with E-state index in [9.17, 15) is 4.79 Å². The molecular weight excluding hydrogens is 284 g/mol. The normalized spacial score (nSPS) is 9.19. The molecule has 2 aromatic rings. The van der Waals surface area contributed by atoms with Crippen molar-refractivity contribution in [1.82, 2.24) is 0 Å². The summed E-state index contributed by atoms with van der Waals surface area (Å²) in [6, 6.07) is 13.3. The molecule has 2 rings (SSSR count). The van der Waals surface area contributed by atoms with Crippen molar-refractivity contribution in [2.45, 2.75) is 6.92 Å². The smallest absolute Gasteiger partial charge is 0.181 e. The molecule has 0 unspecified atom stereocenters. The van der Waals surface area contributed by atoms with Crippen molar-refractivity contribution < 1.29 is 0 Å². The van der Waals surface area contributed by atoms with E-state index < -0.39 is 0 Å². The van der Waals surface area contributed by atoms with Gasteiger partial charge in [0, 0.05) is 15.8 Å². The van der Waals surface area contributed by atoms with Gasteiger partial charge in [-0.1, -0.05) is 46.3 Å². The fraction of sp³-hybridized carbons (Fsp3) is 0.154. The van der Waals surface area contributed by atoms with Crippen molar-refractivity contribution in [3.63, 3.8) is 0 Å². The summed E-state index contributed by atoms with van der Waals surface area (Å²) < 4.78 is 0. The summed E-state index contributed by atoms with van der Waals surface area (Å²) in [6.07, 6.45) is 0. The van der Waals surface area contributed by atoms with Crippen molar-refractivity contribution in [3.8, 4) is 10.4 Å². The van der Waals surface area contributed by atoms with E-state index in [-0.39, 0.29) is 5.43 Å². The first-order valence-corrected chi connectivity index (χ1v) is 7.21. The van der Waals surface area contributed by atoms with Crippen LogP contribution in [0, 0.1) is 6.92 Å². The van der Waals surface area contributed by atoms with Crippen LogP contribution in [0.3, 0.4) is 0 Å². The molecule has 0 spiro atoms. The number of aryl methyl sites for hydroxylation is 1. The quantitative estimate of drug-likeness (QED) is 0.724. The summed E-state index contributed by atoms with van der Waals surface area (Å²) >= 11 is 4.58. The van der Waals surface area contributed by atoms with Gasteiger partial charge in [0.1, 0.15) is 0 Å². The minimum absolute atomic E-state index is 0.0834. The van der Waals surface area contributed by atoms with E-state index in [1.54, 1.807) is 23.5 Å². The number of benzene rings is 1. The Morgan fingerprint density at radius 2 is 1.69 bits per heavy atom. The molecule has 1 aromatic heterocycles. The molecule has 0 aliphatic rings. The minimum atomic E-state index is 0.0834. The number of halogens is 1. The van der Waals surface area contributed by atoms with Crippen molar-refractivity contribution in [1.29, 1.82) is 0 Å². The zero-order chi connectivity index (χ0) is 12.0. The molecule has 1 nitrogen and oxygen atoms in total. The Bertz CT molecular complexity index is 491. The van der Waals surface area contributed by atoms with Gasteiger partial charge >= 0.3 is 0 Å². The summed E-state index contributed by atoms with van der Waals surface area (Å²) in [7, 11) is 0. The molecule has 0 amide bonds. The number of alkyl halides is 1. The van der Waals surface area contributed by atoms with Gasteiger partial charge in [-0.2, -0.15) is 0 Å². The summed E-state index contributed by atoms with van der Waals surface area (Å²) in [5, 5.41) is 0. The SMILES string of the molecule is CBr.Cc1cc(=O)cc(-c2ccccc2)s1. The fourth-order valence-corrected chi connectivity index (χ4v) is 2.30. The van der Waals surface area contributed by atoms with E-state index in [0.717, 1.165) is 15.3 Å². The molecule has 0 aliphatic heterocycles. The van der Waals surface area contributed by atoms with E-state index in [2.05, 4.69) is 15.9 Å². The largest absolute Gasteiger partial charge is 0.290 e. The summed E-state index contributed by atoms with van der Waals surface area (Å²) in [6.45, 7) is 1.96. The molecule has 0 bridgehead atoms. The maximum Gasteiger partial charge on any atom is 0.181 e. The van der Waals surface area contributed by atoms with E-state index >= 15 is 0 Å². The Morgan fingerprint density at radius 1 is 1.06 bits per heavy atom. The minimum Gasteiger partial charge on any atom is -0.290 e. The molecule has 0 saturated heterocycles. The molecule has 1 heterocycles. The second-order valence-electron chi connectivity index (χ2n) is 3.13. The van der Waals surface area contributed by atoms with Crippen LogP contribution in [0.2, 0.25) is 0 Å². The van der Waals surface area contributed by atoms with Crippen LogP contribution in [0.5, 0.6) is 0 Å². The standard InChI is InChI=1S/C12H10OS.CH3Br/c1-9-7-11(13)8-12(14-9)10-5-3-2-4-6-10;1-2/h2-8H,1H3;1H3. The average molecular weight is 297 g/mol. The van der Waals surface area contributed by atoms with Crippen LogP contribution in [-0.4, -0.2) is 5.83 Å². The van der Waals surface area contributed by atoms with E-state index in [4.69, 9.17) is 0 Å². The van der Waals surface area contributed by atoms with Gasteiger partial charge < -0.3 is 0 Å². The lowest BCUT2D eigenvalue weighted by atomic mass is 10.2. The van der Waals surface area contributed by atoms with Crippen LogP contribution in [0.15, 0.2) is 47.3 Å². The molecule has 3 heteroatoms. The highest BCUT2D eigenvalue weighted by Crippen LogP contribution is 2.23. The lowest BCUT2D eigenvalue weighted by molar-refractivity contribution is 1.53. The van der Waals surface area contributed by atoms with Gasteiger partial charge in [-0.05, 0) is 24.4 Å². The Hall–Kier alpha value is -0.930. The van der Waals surface area contributed by atoms with Crippen molar-refractivity contribution in [2.24, 2.45) is 0 Å². The maximum atomic E-state index is 11.3. The third-order valence-corrected chi connectivity index (χ3v) is 2.96. The summed E-state index contributed by atoms with van der Waals surface area (Å²) in [4.78, 5) is 13.4. The number of hydrogen-bond donors (Lipinski definition) is 0. The molecular formula is C13H13BrOS. The Labute approximate surface area is 108 Å². The molecule has 84 valence electrons. The lowest BCUT2D eigenvalue weighted by Gasteiger charge is -1.99. The van der Waals surface area contributed by atoms with Crippen LogP contribution < -0.4 is 5.43 Å². The maximum absolute atomic E-state index is 11.3. The molecule has 0 saturated carbocycles. The van der Waals surface area contributed by atoms with Gasteiger partial charge in [-0.3, -0.25) is 4.79 Å². The van der Waals surface area contributed by atoms with Gasteiger partial charge in [0.15, 0.2) is 5.43 Å². The van der Waals surface area contributed by atoms with Gasteiger partial charge in [0.05, 0.1) is 0 Å². The molecule has 0 N–H and O–H groups in total. The zero-order valence-electron chi connectivity index (χ0n) is 9.24. The first kappa shape index (κ1) is 13.1. The van der Waals surface area contributed by atoms with E-state index in [0.29, 0.717) is 0 Å². The highest BCUT2D eigenvalue weighted by molar-refractivity contribution is 9.08. The highest BCUT2D eigenvalue weighted by Gasteiger charge is 1.99. The molecule has 0 aliphatic carbocycles. The van der Waals surface area contributed by atoms with Crippen LogP contribution in [0.4, 0.5) is 0 Å². The van der Waals surface area contributed by atoms with Crippen molar-refractivity contribution >= 4 is 27.3 Å². The second-order valence-corrected chi connectivity index (χ2v) is 4.42. The first-order valence-electron chi connectivity index (χ1n) is 4.81. The van der Waals surface area contributed by atoms with Crippen LogP contribution in [0.1, 0.15) is 4.88 Å². The van der Waals surface area contributed by atoms with Crippen molar-refractivity contribution in [3.05, 3.63) is 57.6 Å². The number of hydrogen-bond acceptors (Lipinski definition) is 2. The van der Waals surface area contributed by atoms with Gasteiger partial charge in [0.25, 0.3) is 0 Å².